The van der Waals surface area contributed by atoms with Crippen molar-refractivity contribution >= 4 is 23.2 Å². The van der Waals surface area contributed by atoms with Gasteiger partial charge < -0.3 is 19.1 Å². The number of methoxy groups -OCH3 is 1. The van der Waals surface area contributed by atoms with E-state index in [1.807, 2.05) is 79.4 Å². The van der Waals surface area contributed by atoms with Crippen LogP contribution >= 0.6 is 11.6 Å². The van der Waals surface area contributed by atoms with E-state index >= 15 is 0 Å². The van der Waals surface area contributed by atoms with Gasteiger partial charge in [0, 0.05) is 16.8 Å². The van der Waals surface area contributed by atoms with Gasteiger partial charge in [0.2, 0.25) is 5.91 Å². The topological polar surface area (TPSA) is 48.0 Å². The molecular weight excluding hydrogens is 426 g/mol. The highest BCUT2D eigenvalue weighted by Gasteiger charge is 2.36. The first kappa shape index (κ1) is 22.0. The van der Waals surface area contributed by atoms with Gasteiger partial charge in [0.05, 0.1) is 32.8 Å². The zero-order valence-electron chi connectivity index (χ0n) is 18.4. The fourth-order valence-corrected chi connectivity index (χ4v) is 4.25. The largest absolute Gasteiger partial charge is 0.497 e. The summed E-state index contributed by atoms with van der Waals surface area (Å²) in [6, 6.07) is 18.8. The molecule has 32 heavy (non-hydrogen) atoms. The maximum absolute atomic E-state index is 13.5. The minimum Gasteiger partial charge on any atom is -0.497 e. The summed E-state index contributed by atoms with van der Waals surface area (Å²) < 4.78 is 17.1. The van der Waals surface area contributed by atoms with Crippen molar-refractivity contribution in [2.24, 2.45) is 0 Å². The van der Waals surface area contributed by atoms with Crippen molar-refractivity contribution in [3.63, 3.8) is 0 Å². The number of carbonyl (C=O) groups is 1. The summed E-state index contributed by atoms with van der Waals surface area (Å²) in [7, 11) is 1.62. The Morgan fingerprint density at radius 3 is 2.31 bits per heavy atom. The number of amides is 1. The Bertz CT molecular complexity index is 1110. The van der Waals surface area contributed by atoms with Crippen molar-refractivity contribution in [3.8, 4) is 17.2 Å². The highest BCUT2D eigenvalue weighted by Crippen LogP contribution is 2.44. The molecule has 0 radical (unpaired) electrons. The van der Waals surface area contributed by atoms with Gasteiger partial charge in [-0.05, 0) is 66.9 Å². The molecule has 1 atom stereocenters. The smallest absolute Gasteiger partial charge is 0.232 e. The average molecular weight is 452 g/mol. The van der Waals surface area contributed by atoms with Crippen LogP contribution in [0, 0.1) is 0 Å². The lowest BCUT2D eigenvalue weighted by atomic mass is 9.87. The van der Waals surface area contributed by atoms with Crippen LogP contribution in [0.1, 0.15) is 36.6 Å². The van der Waals surface area contributed by atoms with Gasteiger partial charge in [0.1, 0.15) is 5.75 Å². The van der Waals surface area contributed by atoms with Gasteiger partial charge in [-0.1, -0.05) is 29.8 Å². The maximum Gasteiger partial charge on any atom is 0.232 e. The lowest BCUT2D eigenvalue weighted by Gasteiger charge is -2.38. The second kappa shape index (κ2) is 9.53. The van der Waals surface area contributed by atoms with Gasteiger partial charge in [0.15, 0.2) is 11.5 Å². The number of carbonyl (C=O) groups excluding carboxylic acids is 1. The summed E-state index contributed by atoms with van der Waals surface area (Å²) >= 11 is 6.16. The quantitative estimate of drug-likeness (QED) is 0.453. The number of ether oxygens (including phenoxy) is 3. The number of rotatable bonds is 7. The third-order valence-corrected chi connectivity index (χ3v) is 5.74. The lowest BCUT2D eigenvalue weighted by molar-refractivity contribution is -0.118. The van der Waals surface area contributed by atoms with Gasteiger partial charge in [-0.15, -0.1) is 0 Å². The Hall–Kier alpha value is -3.18. The molecule has 1 amide bonds. The number of halogens is 1. The third-order valence-electron chi connectivity index (χ3n) is 5.49. The molecule has 0 aromatic heterocycles. The molecule has 0 saturated carbocycles. The molecule has 3 aromatic carbocycles. The van der Waals surface area contributed by atoms with Crippen molar-refractivity contribution in [1.82, 2.24) is 0 Å². The monoisotopic (exact) mass is 451 g/mol. The molecule has 0 bridgehead atoms. The van der Waals surface area contributed by atoms with Gasteiger partial charge in [0.25, 0.3) is 0 Å². The number of hydrogen-bond donors (Lipinski definition) is 0. The van der Waals surface area contributed by atoms with Crippen LogP contribution in [0.4, 0.5) is 5.69 Å². The minimum absolute atomic E-state index is 0.00249. The molecule has 1 aliphatic heterocycles. The first-order chi connectivity index (χ1) is 15.5. The molecule has 5 nitrogen and oxygen atoms in total. The summed E-state index contributed by atoms with van der Waals surface area (Å²) in [5, 5.41) is 0.644. The van der Waals surface area contributed by atoms with Crippen LogP contribution in [-0.4, -0.2) is 26.2 Å². The number of hydrogen-bond acceptors (Lipinski definition) is 4. The van der Waals surface area contributed by atoms with E-state index in [4.69, 9.17) is 25.8 Å². The fraction of sp³-hybridized carbons (Fsp3) is 0.269. The standard InChI is InChI=1S/C26H26ClNO4/c1-4-31-23-13-18-14-25(29)28(20-7-6-8-21(15-20)30-3)26(17-9-11-19(27)12-10-17)22(18)16-24(23)32-5-2/h6-13,15-16,26H,4-5,14H2,1-3H3. The van der Waals surface area contributed by atoms with E-state index in [1.165, 1.54) is 0 Å². The molecule has 0 N–H and O–H groups in total. The highest BCUT2D eigenvalue weighted by atomic mass is 35.5. The Balaban J connectivity index is 1.92. The number of fused-ring (bicyclic) bond motifs is 1. The Kier molecular flexibility index (Phi) is 6.56. The van der Waals surface area contributed by atoms with E-state index < -0.39 is 0 Å². The summed E-state index contributed by atoms with van der Waals surface area (Å²) in [5.41, 5.74) is 3.66. The molecule has 166 valence electrons. The van der Waals surface area contributed by atoms with Crippen LogP contribution in [-0.2, 0) is 11.2 Å². The molecule has 1 heterocycles. The van der Waals surface area contributed by atoms with Crippen LogP contribution in [0.25, 0.3) is 0 Å². The van der Waals surface area contributed by atoms with Crippen molar-refractivity contribution in [2.45, 2.75) is 26.3 Å². The van der Waals surface area contributed by atoms with E-state index in [0.717, 1.165) is 22.4 Å². The van der Waals surface area contributed by atoms with Crippen LogP contribution in [0.3, 0.4) is 0 Å². The van der Waals surface area contributed by atoms with Gasteiger partial charge in [-0.2, -0.15) is 0 Å². The van der Waals surface area contributed by atoms with E-state index in [-0.39, 0.29) is 18.4 Å². The fourth-order valence-electron chi connectivity index (χ4n) is 4.12. The summed E-state index contributed by atoms with van der Waals surface area (Å²) in [5.74, 6) is 2.02. The molecule has 0 fully saturated rings. The van der Waals surface area contributed by atoms with Gasteiger partial charge >= 0.3 is 0 Å². The summed E-state index contributed by atoms with van der Waals surface area (Å²) in [4.78, 5) is 15.3. The molecule has 0 saturated heterocycles. The highest BCUT2D eigenvalue weighted by molar-refractivity contribution is 6.30. The van der Waals surface area contributed by atoms with Gasteiger partial charge in [-0.3, -0.25) is 4.79 Å². The second-order valence-electron chi connectivity index (χ2n) is 7.46. The molecule has 0 spiro atoms. The first-order valence-corrected chi connectivity index (χ1v) is 11.1. The Morgan fingerprint density at radius 2 is 1.66 bits per heavy atom. The molecule has 6 heteroatoms. The zero-order valence-corrected chi connectivity index (χ0v) is 19.2. The van der Waals surface area contributed by atoms with Crippen molar-refractivity contribution in [1.29, 1.82) is 0 Å². The van der Waals surface area contributed by atoms with Gasteiger partial charge in [-0.25, -0.2) is 0 Å². The van der Waals surface area contributed by atoms with E-state index in [1.54, 1.807) is 7.11 Å². The number of benzene rings is 3. The lowest BCUT2D eigenvalue weighted by Crippen LogP contribution is -2.41. The van der Waals surface area contributed by atoms with Crippen LogP contribution in [0.15, 0.2) is 60.7 Å². The molecule has 4 rings (SSSR count). The summed E-state index contributed by atoms with van der Waals surface area (Å²) in [6.45, 7) is 4.91. The van der Waals surface area contributed by atoms with E-state index in [0.29, 0.717) is 35.5 Å². The van der Waals surface area contributed by atoms with E-state index in [2.05, 4.69) is 0 Å². The zero-order chi connectivity index (χ0) is 22.7. The first-order valence-electron chi connectivity index (χ1n) is 10.7. The average Bonchev–Trinajstić information content (AvgIpc) is 2.80. The molecule has 1 unspecified atom stereocenters. The second-order valence-corrected chi connectivity index (χ2v) is 7.90. The maximum atomic E-state index is 13.5. The predicted octanol–water partition coefficient (Wildman–Crippen LogP) is 5.82. The van der Waals surface area contributed by atoms with E-state index in [9.17, 15) is 4.79 Å². The SMILES string of the molecule is CCOc1cc2c(cc1OCC)C(c1ccc(Cl)cc1)N(c1cccc(OC)c1)C(=O)C2. The van der Waals surface area contributed by atoms with Crippen molar-refractivity contribution < 1.29 is 19.0 Å². The minimum atomic E-state index is -0.342. The van der Waals surface area contributed by atoms with Crippen LogP contribution < -0.4 is 19.1 Å². The summed E-state index contributed by atoms with van der Waals surface area (Å²) in [6.07, 6.45) is 0.267. The molecule has 0 aliphatic carbocycles. The molecular formula is C26H26ClNO4. The van der Waals surface area contributed by atoms with Crippen LogP contribution in [0.5, 0.6) is 17.2 Å². The Morgan fingerprint density at radius 1 is 0.969 bits per heavy atom. The number of anilines is 1. The Labute approximate surface area is 193 Å². The van der Waals surface area contributed by atoms with Crippen molar-refractivity contribution in [3.05, 3.63) is 82.4 Å². The normalized spacial score (nSPS) is 15.3. The van der Waals surface area contributed by atoms with Crippen LogP contribution in [0.2, 0.25) is 5.02 Å². The van der Waals surface area contributed by atoms with Crippen molar-refractivity contribution in [2.75, 3.05) is 25.2 Å². The molecule has 3 aromatic rings. The third kappa shape index (κ3) is 4.26. The predicted molar refractivity (Wildman–Crippen MR) is 126 cm³/mol. The molecule has 1 aliphatic rings. The number of nitrogens with zero attached hydrogens (tertiary/aromatic N) is 1.